The third-order valence-corrected chi connectivity index (χ3v) is 6.66. The molecule has 0 spiro atoms. The average molecular weight is 267 g/mol. The number of rotatable bonds is 3. The summed E-state index contributed by atoms with van der Waals surface area (Å²) in [4.78, 5) is 0. The van der Waals surface area contributed by atoms with Gasteiger partial charge in [-0.25, -0.2) is 0 Å². The number of hydrogen-bond acceptors (Lipinski definition) is 3. The van der Waals surface area contributed by atoms with Crippen molar-refractivity contribution < 1.29 is 4.21 Å². The van der Waals surface area contributed by atoms with Crippen molar-refractivity contribution in [2.75, 3.05) is 0 Å². The lowest BCUT2D eigenvalue weighted by molar-refractivity contribution is 0.313. The number of nitriles is 1. The molecule has 0 N–H and O–H groups in total. The quantitative estimate of drug-likeness (QED) is 0.840. The van der Waals surface area contributed by atoms with E-state index in [9.17, 15) is 9.47 Å². The molecule has 2 rings (SSSR count). The Balaban J connectivity index is 2.16. The molecular weight excluding hydrogens is 250 g/mol. The molecule has 4 unspecified atom stereocenters. The first-order valence-electron chi connectivity index (χ1n) is 6.10. The van der Waals surface area contributed by atoms with Crippen molar-refractivity contribution >= 4 is 22.1 Å². The molecule has 4 heteroatoms. The van der Waals surface area contributed by atoms with Gasteiger partial charge in [0.1, 0.15) is 0 Å². The topological polar surface area (TPSA) is 40.9 Å². The summed E-state index contributed by atoms with van der Waals surface area (Å²) in [5.74, 6) is 0.620. The van der Waals surface area contributed by atoms with Crippen LogP contribution in [-0.4, -0.2) is 9.46 Å². The summed E-state index contributed by atoms with van der Waals surface area (Å²) in [5.41, 5.74) is 0. The molecule has 1 heterocycles. The van der Waals surface area contributed by atoms with Crippen molar-refractivity contribution in [2.45, 2.75) is 42.1 Å². The molecule has 1 aromatic heterocycles. The average Bonchev–Trinajstić information content (AvgIpc) is 2.91. The van der Waals surface area contributed by atoms with Gasteiger partial charge in [-0.2, -0.15) is 5.26 Å². The summed E-state index contributed by atoms with van der Waals surface area (Å²) in [7, 11) is -0.995. The van der Waals surface area contributed by atoms with Gasteiger partial charge in [0.15, 0.2) is 0 Å². The van der Waals surface area contributed by atoms with Gasteiger partial charge in [0.25, 0.3) is 0 Å². The third kappa shape index (κ3) is 2.78. The van der Waals surface area contributed by atoms with Crippen molar-refractivity contribution in [3.63, 3.8) is 0 Å². The molecule has 0 saturated heterocycles. The Kier molecular flexibility index (Phi) is 4.36. The summed E-state index contributed by atoms with van der Waals surface area (Å²) in [6.07, 6.45) is 4.11. The monoisotopic (exact) mass is 267 g/mol. The maximum absolute atomic E-state index is 12.5. The Labute approximate surface area is 109 Å². The Morgan fingerprint density at radius 2 is 2.41 bits per heavy atom. The van der Waals surface area contributed by atoms with Crippen LogP contribution in [0.5, 0.6) is 0 Å². The standard InChI is InChI=1S/C13H17NOS2/c1-2-10-5-6-11(9-14)12(8-10)17(15)13-4-3-7-16-13/h3-4,7,10-12H,2,5-6,8H2,1H3. The second-order valence-corrected chi connectivity index (χ2v) is 7.44. The van der Waals surface area contributed by atoms with Crippen LogP contribution in [0.25, 0.3) is 0 Å². The second kappa shape index (κ2) is 5.79. The fraction of sp³-hybridized carbons (Fsp3) is 0.615. The van der Waals surface area contributed by atoms with Crippen LogP contribution in [0, 0.1) is 23.2 Å². The van der Waals surface area contributed by atoms with E-state index in [1.54, 1.807) is 0 Å². The Morgan fingerprint density at radius 3 is 3.00 bits per heavy atom. The van der Waals surface area contributed by atoms with Gasteiger partial charge in [0.05, 0.1) is 32.2 Å². The third-order valence-electron chi connectivity index (χ3n) is 3.61. The summed E-state index contributed by atoms with van der Waals surface area (Å²) >= 11 is 1.54. The zero-order valence-electron chi connectivity index (χ0n) is 9.96. The van der Waals surface area contributed by atoms with E-state index in [0.29, 0.717) is 5.92 Å². The summed E-state index contributed by atoms with van der Waals surface area (Å²) in [6.45, 7) is 2.18. The van der Waals surface area contributed by atoms with Crippen LogP contribution in [0.2, 0.25) is 0 Å². The molecule has 92 valence electrons. The van der Waals surface area contributed by atoms with Crippen LogP contribution in [-0.2, 0) is 10.8 Å². The highest BCUT2D eigenvalue weighted by Gasteiger charge is 2.34. The van der Waals surface area contributed by atoms with E-state index in [1.165, 1.54) is 11.3 Å². The first kappa shape index (κ1) is 12.8. The fourth-order valence-corrected chi connectivity index (χ4v) is 5.31. The zero-order valence-corrected chi connectivity index (χ0v) is 11.6. The van der Waals surface area contributed by atoms with Crippen LogP contribution >= 0.6 is 11.3 Å². The fourth-order valence-electron chi connectivity index (χ4n) is 2.49. The lowest BCUT2D eigenvalue weighted by Gasteiger charge is -2.31. The zero-order chi connectivity index (χ0) is 12.3. The smallest absolute Gasteiger partial charge is 0.0913 e. The summed E-state index contributed by atoms with van der Waals surface area (Å²) < 4.78 is 13.4. The van der Waals surface area contributed by atoms with E-state index in [-0.39, 0.29) is 11.2 Å². The number of thiophene rings is 1. The highest BCUT2D eigenvalue weighted by Crippen LogP contribution is 2.36. The SMILES string of the molecule is CCC1CCC(C#N)C(S(=O)c2cccs2)C1. The lowest BCUT2D eigenvalue weighted by Crippen LogP contribution is -2.32. The Bertz CT molecular complexity index is 421. The maximum atomic E-state index is 12.5. The molecular formula is C13H17NOS2. The van der Waals surface area contributed by atoms with Crippen LogP contribution in [0.3, 0.4) is 0 Å². The van der Waals surface area contributed by atoms with Gasteiger partial charge in [0, 0.05) is 0 Å². The van der Waals surface area contributed by atoms with E-state index in [4.69, 9.17) is 0 Å². The second-order valence-electron chi connectivity index (χ2n) is 4.59. The number of nitrogens with zero attached hydrogens (tertiary/aromatic N) is 1. The van der Waals surface area contributed by atoms with E-state index in [0.717, 1.165) is 29.9 Å². The van der Waals surface area contributed by atoms with Gasteiger partial charge in [-0.15, -0.1) is 11.3 Å². The van der Waals surface area contributed by atoms with E-state index >= 15 is 0 Å². The van der Waals surface area contributed by atoms with Gasteiger partial charge in [-0.3, -0.25) is 4.21 Å². The van der Waals surface area contributed by atoms with E-state index < -0.39 is 10.8 Å². The first-order valence-corrected chi connectivity index (χ1v) is 8.19. The van der Waals surface area contributed by atoms with Crippen LogP contribution in [0.1, 0.15) is 32.6 Å². The molecule has 0 bridgehead atoms. The minimum atomic E-state index is -0.995. The van der Waals surface area contributed by atoms with Crippen molar-refractivity contribution in [3.8, 4) is 6.07 Å². The highest BCUT2D eigenvalue weighted by molar-refractivity contribution is 7.87. The molecule has 2 nitrogen and oxygen atoms in total. The molecule has 17 heavy (non-hydrogen) atoms. The normalized spacial score (nSPS) is 30.7. The molecule has 0 aromatic carbocycles. The van der Waals surface area contributed by atoms with Gasteiger partial charge < -0.3 is 0 Å². The predicted octanol–water partition coefficient (Wildman–Crippen LogP) is 3.57. The Morgan fingerprint density at radius 1 is 1.59 bits per heavy atom. The van der Waals surface area contributed by atoms with Crippen molar-refractivity contribution in [3.05, 3.63) is 17.5 Å². The maximum Gasteiger partial charge on any atom is 0.0913 e. The summed E-state index contributed by atoms with van der Waals surface area (Å²) in [5, 5.41) is 11.2. The molecule has 0 aliphatic heterocycles. The van der Waals surface area contributed by atoms with Crippen molar-refractivity contribution in [1.82, 2.24) is 0 Å². The van der Waals surface area contributed by atoms with Crippen LogP contribution in [0.4, 0.5) is 0 Å². The largest absolute Gasteiger partial charge is 0.253 e. The number of hydrogen-bond donors (Lipinski definition) is 0. The molecule has 0 radical (unpaired) electrons. The van der Waals surface area contributed by atoms with Crippen molar-refractivity contribution in [2.24, 2.45) is 11.8 Å². The molecule has 4 atom stereocenters. The molecule has 1 fully saturated rings. The summed E-state index contributed by atoms with van der Waals surface area (Å²) in [6, 6.07) is 6.20. The lowest BCUT2D eigenvalue weighted by atomic mass is 9.81. The van der Waals surface area contributed by atoms with Crippen LogP contribution < -0.4 is 0 Å². The molecule has 1 aromatic rings. The molecule has 1 saturated carbocycles. The minimum Gasteiger partial charge on any atom is -0.253 e. The molecule has 1 aliphatic carbocycles. The molecule has 0 amide bonds. The molecule has 1 aliphatic rings. The predicted molar refractivity (Wildman–Crippen MR) is 71.3 cm³/mol. The van der Waals surface area contributed by atoms with E-state index in [1.807, 2.05) is 17.5 Å². The first-order chi connectivity index (χ1) is 8.26. The minimum absolute atomic E-state index is 0.0271. The van der Waals surface area contributed by atoms with E-state index in [2.05, 4.69) is 13.0 Å². The van der Waals surface area contributed by atoms with Crippen LogP contribution in [0.15, 0.2) is 21.7 Å². The van der Waals surface area contributed by atoms with Crippen molar-refractivity contribution in [1.29, 1.82) is 5.26 Å². The van der Waals surface area contributed by atoms with Gasteiger partial charge in [-0.1, -0.05) is 19.4 Å². The van der Waals surface area contributed by atoms with Gasteiger partial charge >= 0.3 is 0 Å². The Hall–Kier alpha value is -0.660. The van der Waals surface area contributed by atoms with Gasteiger partial charge in [-0.05, 0) is 36.6 Å². The van der Waals surface area contributed by atoms with Gasteiger partial charge in [0.2, 0.25) is 0 Å². The highest BCUT2D eigenvalue weighted by atomic mass is 32.2.